The molecule has 0 spiro atoms. The zero-order chi connectivity index (χ0) is 18.1. The summed E-state index contributed by atoms with van der Waals surface area (Å²) in [4.78, 5) is 19.8. The molecule has 1 aliphatic rings. The summed E-state index contributed by atoms with van der Waals surface area (Å²) >= 11 is 5.21. The van der Waals surface area contributed by atoms with Crippen LogP contribution in [0.1, 0.15) is 35.7 Å². The number of likely N-dealkylation sites (tertiary alicyclic amines) is 1. The Morgan fingerprint density at radius 1 is 1.27 bits per heavy atom. The van der Waals surface area contributed by atoms with Crippen LogP contribution < -0.4 is 0 Å². The molecule has 1 N–H and O–H groups in total. The molecule has 0 amide bonds. The Morgan fingerprint density at radius 2 is 2.12 bits per heavy atom. The minimum Gasteiger partial charge on any atom is -0.480 e. The Balaban J connectivity index is 1.83. The third-order valence-corrected chi connectivity index (χ3v) is 6.63. The van der Waals surface area contributed by atoms with E-state index in [1.54, 1.807) is 11.3 Å². The summed E-state index contributed by atoms with van der Waals surface area (Å²) in [6, 6.07) is 13.7. The summed E-state index contributed by atoms with van der Waals surface area (Å²) < 4.78 is 1.05. The molecule has 2 unspecified atom stereocenters. The molecule has 3 heterocycles. The minimum atomic E-state index is -0.737. The van der Waals surface area contributed by atoms with Gasteiger partial charge in [0.1, 0.15) is 6.04 Å². The summed E-state index contributed by atoms with van der Waals surface area (Å²) in [7, 11) is 0. The number of pyridine rings is 1. The van der Waals surface area contributed by atoms with Crippen LogP contribution in [0.3, 0.4) is 0 Å². The third-order valence-electron chi connectivity index (χ3n) is 4.95. The maximum atomic E-state index is 11.9. The monoisotopic (exact) mass is 430 g/mol. The lowest BCUT2D eigenvalue weighted by atomic mass is 9.95. The number of piperidine rings is 1. The number of rotatable bonds is 4. The number of para-hydroxylation sites is 1. The second-order valence-corrected chi connectivity index (χ2v) is 9.09. The highest BCUT2D eigenvalue weighted by Crippen LogP contribution is 2.39. The molecule has 2 aromatic heterocycles. The maximum Gasteiger partial charge on any atom is 0.320 e. The number of halogens is 1. The molecule has 1 fully saturated rings. The second-order valence-electron chi connectivity index (χ2n) is 6.59. The first-order valence-corrected chi connectivity index (χ1v) is 10.3. The highest BCUT2D eigenvalue weighted by molar-refractivity contribution is 9.11. The number of carbonyl (C=O) groups is 1. The fraction of sp³-hybridized carbons (Fsp3) is 0.300. The summed E-state index contributed by atoms with van der Waals surface area (Å²) in [6.07, 6.45) is 4.58. The van der Waals surface area contributed by atoms with E-state index in [0.717, 1.165) is 44.5 Å². The van der Waals surface area contributed by atoms with Gasteiger partial charge in [0.2, 0.25) is 0 Å². The Morgan fingerprint density at radius 3 is 2.88 bits per heavy atom. The van der Waals surface area contributed by atoms with E-state index in [4.69, 9.17) is 0 Å². The number of fused-ring (bicyclic) bond motifs is 1. The first kappa shape index (κ1) is 17.6. The van der Waals surface area contributed by atoms with Gasteiger partial charge in [-0.3, -0.25) is 14.7 Å². The number of nitrogens with zero attached hydrogens (tertiary/aromatic N) is 2. The van der Waals surface area contributed by atoms with Crippen molar-refractivity contribution < 1.29 is 9.90 Å². The molecule has 0 bridgehead atoms. The van der Waals surface area contributed by atoms with E-state index in [9.17, 15) is 9.90 Å². The molecule has 2 atom stereocenters. The van der Waals surface area contributed by atoms with Crippen molar-refractivity contribution in [1.82, 2.24) is 9.88 Å². The van der Waals surface area contributed by atoms with Gasteiger partial charge in [0.05, 0.1) is 15.3 Å². The average molecular weight is 431 g/mol. The van der Waals surface area contributed by atoms with Gasteiger partial charge in [0, 0.05) is 16.5 Å². The normalized spacial score (nSPS) is 19.5. The van der Waals surface area contributed by atoms with Gasteiger partial charge >= 0.3 is 5.97 Å². The lowest BCUT2D eigenvalue weighted by molar-refractivity contribution is -0.145. The molecule has 3 aromatic rings. The predicted molar refractivity (Wildman–Crippen MR) is 108 cm³/mol. The highest BCUT2D eigenvalue weighted by atomic mass is 79.9. The molecule has 0 saturated carbocycles. The minimum absolute atomic E-state index is 0.0928. The van der Waals surface area contributed by atoms with E-state index in [1.807, 2.05) is 30.5 Å². The van der Waals surface area contributed by atoms with E-state index in [-0.39, 0.29) is 6.04 Å². The van der Waals surface area contributed by atoms with Crippen LogP contribution in [0.15, 0.2) is 52.4 Å². The molecular weight excluding hydrogens is 412 g/mol. The molecule has 1 saturated heterocycles. The largest absolute Gasteiger partial charge is 0.480 e. The van der Waals surface area contributed by atoms with Gasteiger partial charge in [-0.1, -0.05) is 24.6 Å². The zero-order valence-corrected chi connectivity index (χ0v) is 16.5. The molecule has 4 rings (SSSR count). The van der Waals surface area contributed by atoms with Crippen molar-refractivity contribution in [3.05, 3.63) is 62.9 Å². The predicted octanol–water partition coefficient (Wildman–Crippen LogP) is 5.09. The van der Waals surface area contributed by atoms with Gasteiger partial charge in [-0.05, 0) is 65.1 Å². The van der Waals surface area contributed by atoms with Crippen LogP contribution in [0.4, 0.5) is 0 Å². The standard InChI is InChI=1S/C20H19BrN2O2S/c21-18-9-8-17(26-18)19(23-10-4-3-7-16(23)20(24)25)14-11-13-5-1-2-6-15(13)22-12-14/h1-2,5-6,8-9,11-12,16,19H,3-4,7,10H2,(H,24,25). The van der Waals surface area contributed by atoms with Gasteiger partial charge in [-0.15, -0.1) is 11.3 Å². The molecule has 1 aromatic carbocycles. The molecule has 0 aliphatic carbocycles. The van der Waals surface area contributed by atoms with Crippen molar-refractivity contribution in [2.24, 2.45) is 0 Å². The number of hydrogen-bond acceptors (Lipinski definition) is 4. The Kier molecular flexibility index (Phi) is 5.07. The van der Waals surface area contributed by atoms with Crippen LogP contribution in [-0.4, -0.2) is 33.5 Å². The lowest BCUT2D eigenvalue weighted by Crippen LogP contribution is -2.46. The topological polar surface area (TPSA) is 53.4 Å². The van der Waals surface area contributed by atoms with Crippen molar-refractivity contribution in [2.75, 3.05) is 6.54 Å². The number of aliphatic carboxylic acids is 1. The highest BCUT2D eigenvalue weighted by Gasteiger charge is 2.35. The van der Waals surface area contributed by atoms with Crippen molar-refractivity contribution in [2.45, 2.75) is 31.3 Å². The Labute approximate surface area is 164 Å². The fourth-order valence-corrected chi connectivity index (χ4v) is 5.33. The summed E-state index contributed by atoms with van der Waals surface area (Å²) in [5.41, 5.74) is 2.00. The number of benzene rings is 1. The van der Waals surface area contributed by atoms with Crippen LogP contribution in [0.25, 0.3) is 10.9 Å². The Bertz CT molecular complexity index is 942. The molecule has 1 aliphatic heterocycles. The van der Waals surface area contributed by atoms with Gasteiger partial charge in [-0.25, -0.2) is 0 Å². The quantitative estimate of drug-likeness (QED) is 0.626. The van der Waals surface area contributed by atoms with E-state index in [1.165, 1.54) is 0 Å². The zero-order valence-electron chi connectivity index (χ0n) is 14.1. The number of thiophene rings is 1. The summed E-state index contributed by atoms with van der Waals surface area (Å²) in [5.74, 6) is -0.737. The lowest BCUT2D eigenvalue weighted by Gasteiger charge is -2.39. The van der Waals surface area contributed by atoms with Gasteiger partial charge in [-0.2, -0.15) is 0 Å². The molecule has 6 heteroatoms. The van der Waals surface area contributed by atoms with Crippen molar-refractivity contribution in [3.63, 3.8) is 0 Å². The number of carboxylic acids is 1. The van der Waals surface area contributed by atoms with Crippen LogP contribution in [0, 0.1) is 0 Å². The van der Waals surface area contributed by atoms with E-state index >= 15 is 0 Å². The van der Waals surface area contributed by atoms with E-state index in [2.05, 4.69) is 44.0 Å². The van der Waals surface area contributed by atoms with Gasteiger partial charge < -0.3 is 5.11 Å². The maximum absolute atomic E-state index is 11.9. The van der Waals surface area contributed by atoms with Crippen LogP contribution in [-0.2, 0) is 4.79 Å². The molecule has 0 radical (unpaired) electrons. The first-order chi connectivity index (χ1) is 12.6. The van der Waals surface area contributed by atoms with Crippen LogP contribution in [0.2, 0.25) is 0 Å². The van der Waals surface area contributed by atoms with Crippen molar-refractivity contribution >= 4 is 44.1 Å². The van der Waals surface area contributed by atoms with E-state index < -0.39 is 12.0 Å². The molecule has 4 nitrogen and oxygen atoms in total. The number of hydrogen-bond donors (Lipinski definition) is 1. The summed E-state index contributed by atoms with van der Waals surface area (Å²) in [6.45, 7) is 0.782. The number of aromatic nitrogens is 1. The van der Waals surface area contributed by atoms with E-state index in [0.29, 0.717) is 6.42 Å². The number of carboxylic acid groups (broad SMARTS) is 1. The average Bonchev–Trinajstić information content (AvgIpc) is 3.08. The van der Waals surface area contributed by atoms with Crippen LogP contribution in [0.5, 0.6) is 0 Å². The fourth-order valence-electron chi connectivity index (χ4n) is 3.76. The van der Waals surface area contributed by atoms with Crippen molar-refractivity contribution in [1.29, 1.82) is 0 Å². The molecule has 26 heavy (non-hydrogen) atoms. The van der Waals surface area contributed by atoms with Crippen molar-refractivity contribution in [3.8, 4) is 0 Å². The first-order valence-electron chi connectivity index (χ1n) is 8.72. The third kappa shape index (κ3) is 3.41. The van der Waals surface area contributed by atoms with Gasteiger partial charge in [0.15, 0.2) is 0 Å². The van der Waals surface area contributed by atoms with Gasteiger partial charge in [0.25, 0.3) is 0 Å². The summed E-state index contributed by atoms with van der Waals surface area (Å²) in [5, 5.41) is 10.8. The SMILES string of the molecule is O=C(O)C1CCCCN1C(c1cnc2ccccc2c1)c1ccc(Br)s1. The van der Waals surface area contributed by atoms with Crippen LogP contribution >= 0.6 is 27.3 Å². The molecule has 134 valence electrons. The Hall–Kier alpha value is -1.76. The smallest absolute Gasteiger partial charge is 0.320 e. The molecular formula is C20H19BrN2O2S. The second kappa shape index (κ2) is 7.47.